The van der Waals surface area contributed by atoms with Gasteiger partial charge in [-0.15, -0.1) is 0 Å². The second-order valence-corrected chi connectivity index (χ2v) is 3.65. The Morgan fingerprint density at radius 1 is 1.19 bits per heavy atom. The van der Waals surface area contributed by atoms with Crippen molar-refractivity contribution in [1.82, 2.24) is 10.2 Å². The van der Waals surface area contributed by atoms with E-state index in [2.05, 4.69) is 10.2 Å². The summed E-state index contributed by atoms with van der Waals surface area (Å²) in [5.41, 5.74) is 6.42. The number of carbonyl (C=O) groups excluding carboxylic acids is 1. The summed E-state index contributed by atoms with van der Waals surface area (Å²) in [5.74, 6) is -0.511. The standard InChI is InChI=1S/C12H9N3O/c13-12(16)11-10-8-4-2-1-3-7(8)5-6-9(10)14-15-11/h1-6H,(H2,13,16)(H,14,15). The Morgan fingerprint density at radius 2 is 2.00 bits per heavy atom. The number of nitrogens with one attached hydrogen (secondary N) is 1. The molecule has 0 unspecified atom stereocenters. The molecule has 1 amide bonds. The van der Waals surface area contributed by atoms with Crippen LogP contribution in [0.5, 0.6) is 0 Å². The first-order valence-electron chi connectivity index (χ1n) is 4.93. The number of benzene rings is 2. The molecule has 2 aromatic carbocycles. The van der Waals surface area contributed by atoms with Crippen molar-refractivity contribution in [3.63, 3.8) is 0 Å². The maximum Gasteiger partial charge on any atom is 0.269 e. The predicted molar refractivity (Wildman–Crippen MR) is 62.1 cm³/mol. The van der Waals surface area contributed by atoms with Crippen molar-refractivity contribution in [2.24, 2.45) is 5.73 Å². The average molecular weight is 211 g/mol. The molecule has 4 heteroatoms. The first kappa shape index (κ1) is 8.91. The molecular weight excluding hydrogens is 202 g/mol. The normalized spacial score (nSPS) is 11.0. The van der Waals surface area contributed by atoms with E-state index in [1.165, 1.54) is 0 Å². The van der Waals surface area contributed by atoms with E-state index >= 15 is 0 Å². The minimum Gasteiger partial charge on any atom is -0.364 e. The number of aromatic nitrogens is 2. The number of carbonyl (C=O) groups is 1. The average Bonchev–Trinajstić information content (AvgIpc) is 2.73. The smallest absolute Gasteiger partial charge is 0.269 e. The summed E-state index contributed by atoms with van der Waals surface area (Å²) in [4.78, 5) is 11.3. The molecule has 0 saturated heterocycles. The molecule has 16 heavy (non-hydrogen) atoms. The molecule has 0 aliphatic carbocycles. The topological polar surface area (TPSA) is 71.8 Å². The number of amides is 1. The lowest BCUT2D eigenvalue weighted by molar-refractivity contribution is 0.0997. The first-order valence-corrected chi connectivity index (χ1v) is 4.93. The van der Waals surface area contributed by atoms with Gasteiger partial charge in [-0.3, -0.25) is 9.89 Å². The molecular formula is C12H9N3O. The van der Waals surface area contributed by atoms with Crippen molar-refractivity contribution in [1.29, 1.82) is 0 Å². The Labute approximate surface area is 91.1 Å². The predicted octanol–water partition coefficient (Wildman–Crippen LogP) is 1.81. The number of rotatable bonds is 1. The van der Waals surface area contributed by atoms with Gasteiger partial charge in [-0.05, 0) is 16.8 Å². The van der Waals surface area contributed by atoms with Gasteiger partial charge in [-0.2, -0.15) is 5.10 Å². The van der Waals surface area contributed by atoms with E-state index in [-0.39, 0.29) is 0 Å². The second-order valence-electron chi connectivity index (χ2n) is 3.65. The lowest BCUT2D eigenvalue weighted by Crippen LogP contribution is -2.11. The first-order chi connectivity index (χ1) is 7.77. The van der Waals surface area contributed by atoms with Crippen LogP contribution in [0.3, 0.4) is 0 Å². The van der Waals surface area contributed by atoms with Crippen molar-refractivity contribution < 1.29 is 4.79 Å². The van der Waals surface area contributed by atoms with E-state index in [1.54, 1.807) is 0 Å². The number of nitrogens with zero attached hydrogens (tertiary/aromatic N) is 1. The summed E-state index contributed by atoms with van der Waals surface area (Å²) < 4.78 is 0. The number of hydrogen-bond acceptors (Lipinski definition) is 2. The Hall–Kier alpha value is -2.36. The quantitative estimate of drug-likeness (QED) is 0.644. The molecule has 0 aliphatic heterocycles. The van der Waals surface area contributed by atoms with Crippen LogP contribution in [0.25, 0.3) is 21.7 Å². The summed E-state index contributed by atoms with van der Waals surface area (Å²) in [5, 5.41) is 9.61. The van der Waals surface area contributed by atoms with Gasteiger partial charge in [0.2, 0.25) is 0 Å². The van der Waals surface area contributed by atoms with Crippen LogP contribution in [0.1, 0.15) is 10.5 Å². The van der Waals surface area contributed by atoms with Crippen LogP contribution in [-0.2, 0) is 0 Å². The molecule has 3 rings (SSSR count). The summed E-state index contributed by atoms with van der Waals surface area (Å²) in [6.45, 7) is 0. The minimum atomic E-state index is -0.511. The van der Waals surface area contributed by atoms with E-state index in [4.69, 9.17) is 5.73 Å². The highest BCUT2D eigenvalue weighted by molar-refractivity contribution is 6.15. The fourth-order valence-corrected chi connectivity index (χ4v) is 1.97. The van der Waals surface area contributed by atoms with Gasteiger partial charge in [0.15, 0.2) is 5.69 Å². The molecule has 1 aromatic heterocycles. The molecule has 1 heterocycles. The number of nitrogens with two attached hydrogens (primary N) is 1. The summed E-state index contributed by atoms with van der Waals surface area (Å²) in [6.07, 6.45) is 0. The Balaban J connectivity index is 2.56. The van der Waals surface area contributed by atoms with Crippen molar-refractivity contribution >= 4 is 27.6 Å². The fourth-order valence-electron chi connectivity index (χ4n) is 1.97. The van der Waals surface area contributed by atoms with Gasteiger partial charge < -0.3 is 5.73 Å². The van der Waals surface area contributed by atoms with Crippen LogP contribution in [-0.4, -0.2) is 16.1 Å². The van der Waals surface area contributed by atoms with Crippen LogP contribution in [0.2, 0.25) is 0 Å². The van der Waals surface area contributed by atoms with Crippen LogP contribution in [0.4, 0.5) is 0 Å². The Morgan fingerprint density at radius 3 is 2.81 bits per heavy atom. The summed E-state index contributed by atoms with van der Waals surface area (Å²) in [7, 11) is 0. The number of H-pyrrole nitrogens is 1. The third kappa shape index (κ3) is 1.10. The van der Waals surface area contributed by atoms with Crippen LogP contribution < -0.4 is 5.73 Å². The molecule has 3 aromatic rings. The van der Waals surface area contributed by atoms with Crippen LogP contribution in [0, 0.1) is 0 Å². The van der Waals surface area contributed by atoms with Gasteiger partial charge in [0.1, 0.15) is 0 Å². The highest BCUT2D eigenvalue weighted by atomic mass is 16.1. The van der Waals surface area contributed by atoms with Crippen LogP contribution in [0.15, 0.2) is 36.4 Å². The SMILES string of the molecule is NC(=O)c1n[nH]c2ccc3ccccc3c12. The Bertz CT molecular complexity index is 700. The zero-order chi connectivity index (χ0) is 11.1. The van der Waals surface area contributed by atoms with Crippen molar-refractivity contribution in [2.75, 3.05) is 0 Å². The zero-order valence-corrected chi connectivity index (χ0v) is 8.40. The highest BCUT2D eigenvalue weighted by Gasteiger charge is 2.13. The van der Waals surface area contributed by atoms with Gasteiger partial charge in [-0.25, -0.2) is 0 Å². The largest absolute Gasteiger partial charge is 0.364 e. The molecule has 0 radical (unpaired) electrons. The van der Waals surface area contributed by atoms with Gasteiger partial charge in [0.25, 0.3) is 5.91 Å². The number of primary amides is 1. The van der Waals surface area contributed by atoms with Gasteiger partial charge >= 0.3 is 0 Å². The second kappa shape index (κ2) is 3.06. The molecule has 0 atom stereocenters. The van der Waals surface area contributed by atoms with E-state index in [0.29, 0.717) is 5.69 Å². The maximum absolute atomic E-state index is 11.3. The van der Waals surface area contributed by atoms with Crippen molar-refractivity contribution in [2.45, 2.75) is 0 Å². The third-order valence-corrected chi connectivity index (χ3v) is 2.69. The minimum absolute atomic E-state index is 0.298. The van der Waals surface area contributed by atoms with Crippen molar-refractivity contribution in [3.8, 4) is 0 Å². The molecule has 0 aliphatic rings. The lowest BCUT2D eigenvalue weighted by Gasteiger charge is -1.99. The molecule has 4 nitrogen and oxygen atoms in total. The van der Waals surface area contributed by atoms with Gasteiger partial charge in [0.05, 0.1) is 5.52 Å². The molecule has 3 N–H and O–H groups in total. The molecule has 78 valence electrons. The third-order valence-electron chi connectivity index (χ3n) is 2.69. The number of hydrogen-bond donors (Lipinski definition) is 2. The van der Waals surface area contributed by atoms with Crippen molar-refractivity contribution in [3.05, 3.63) is 42.1 Å². The molecule has 0 saturated carbocycles. The number of fused-ring (bicyclic) bond motifs is 3. The highest BCUT2D eigenvalue weighted by Crippen LogP contribution is 2.26. The molecule has 0 spiro atoms. The summed E-state index contributed by atoms with van der Waals surface area (Å²) >= 11 is 0. The van der Waals surface area contributed by atoms with E-state index < -0.39 is 5.91 Å². The Kier molecular flexibility index (Phi) is 1.71. The van der Waals surface area contributed by atoms with Gasteiger partial charge in [-0.1, -0.05) is 30.3 Å². The van der Waals surface area contributed by atoms with E-state index in [0.717, 1.165) is 21.7 Å². The maximum atomic E-state index is 11.3. The summed E-state index contributed by atoms with van der Waals surface area (Å²) in [6, 6.07) is 11.7. The lowest BCUT2D eigenvalue weighted by atomic mass is 10.0. The zero-order valence-electron chi connectivity index (χ0n) is 8.40. The number of aromatic amines is 1. The fraction of sp³-hybridized carbons (Fsp3) is 0. The molecule has 0 fully saturated rings. The van der Waals surface area contributed by atoms with Gasteiger partial charge in [0, 0.05) is 5.39 Å². The van der Waals surface area contributed by atoms with E-state index in [9.17, 15) is 4.79 Å². The van der Waals surface area contributed by atoms with Crippen LogP contribution >= 0.6 is 0 Å². The molecule has 0 bridgehead atoms. The van der Waals surface area contributed by atoms with E-state index in [1.807, 2.05) is 36.4 Å². The monoisotopic (exact) mass is 211 g/mol.